The van der Waals surface area contributed by atoms with E-state index < -0.39 is 29.9 Å². The van der Waals surface area contributed by atoms with Crippen LogP contribution in [0.4, 0.5) is 0 Å². The maximum Gasteiger partial charge on any atom is 0.328 e. The lowest BCUT2D eigenvalue weighted by Crippen LogP contribution is -2.53. The number of esters is 1. The van der Waals surface area contributed by atoms with Gasteiger partial charge in [0.15, 0.2) is 0 Å². The summed E-state index contributed by atoms with van der Waals surface area (Å²) in [5, 5.41) is 0. The number of carbonyl (C=O) groups is 4. The zero-order chi connectivity index (χ0) is 19.6. The van der Waals surface area contributed by atoms with Crippen LogP contribution >= 0.6 is 11.8 Å². The van der Waals surface area contributed by atoms with E-state index in [2.05, 4.69) is 0 Å². The lowest BCUT2D eigenvalue weighted by atomic mass is 10.1. The molecule has 7 nitrogen and oxygen atoms in total. The van der Waals surface area contributed by atoms with Gasteiger partial charge >= 0.3 is 5.97 Å². The predicted molar refractivity (Wildman–Crippen MR) is 100 cm³/mol. The molecule has 3 amide bonds. The van der Waals surface area contributed by atoms with E-state index in [0.29, 0.717) is 42.7 Å². The fourth-order valence-electron chi connectivity index (χ4n) is 3.69. The molecule has 2 aliphatic heterocycles. The largest absolute Gasteiger partial charge is 0.467 e. The van der Waals surface area contributed by atoms with Crippen LogP contribution in [0.25, 0.3) is 0 Å². The summed E-state index contributed by atoms with van der Waals surface area (Å²) in [6, 6.07) is 5.00. The molecular weight excluding hydrogens is 368 g/mol. The molecule has 1 aromatic rings. The first-order chi connectivity index (χ1) is 13.0. The van der Waals surface area contributed by atoms with Crippen molar-refractivity contribution in [3.05, 3.63) is 35.4 Å². The molecule has 8 heteroatoms. The van der Waals surface area contributed by atoms with Crippen molar-refractivity contribution >= 4 is 35.5 Å². The lowest BCUT2D eigenvalue weighted by molar-refractivity contribution is -0.152. The number of fused-ring (bicyclic) bond motifs is 1. The van der Waals surface area contributed by atoms with Crippen LogP contribution in [-0.4, -0.2) is 71.2 Å². The second-order valence-corrected chi connectivity index (χ2v) is 7.52. The molecule has 0 unspecified atom stereocenters. The number of rotatable bonds is 6. The van der Waals surface area contributed by atoms with Crippen molar-refractivity contribution in [2.24, 2.45) is 0 Å². The normalized spacial score (nSPS) is 20.0. The third kappa shape index (κ3) is 3.45. The number of carbonyl (C=O) groups excluding carboxylic acids is 4. The maximum absolute atomic E-state index is 13.3. The average Bonchev–Trinajstić information content (AvgIpc) is 3.27. The van der Waals surface area contributed by atoms with Gasteiger partial charge in [-0.25, -0.2) is 4.79 Å². The number of likely N-dealkylation sites (tertiary alicyclic amines) is 1. The van der Waals surface area contributed by atoms with Crippen LogP contribution in [0.5, 0.6) is 0 Å². The van der Waals surface area contributed by atoms with Crippen LogP contribution in [-0.2, 0) is 14.3 Å². The zero-order valence-electron chi connectivity index (χ0n) is 15.3. The summed E-state index contributed by atoms with van der Waals surface area (Å²) in [6.07, 6.45) is 3.45. The predicted octanol–water partition coefficient (Wildman–Crippen LogP) is 1.57. The van der Waals surface area contributed by atoms with Crippen LogP contribution in [0.1, 0.15) is 40.0 Å². The number of imide groups is 1. The SMILES string of the molecule is COC(=O)[C@H]1CCCN1C(=O)[C@@H](CCSC)N1C(=O)c2ccccc2C1=O. The number of benzene rings is 1. The fourth-order valence-corrected chi connectivity index (χ4v) is 4.15. The molecule has 144 valence electrons. The number of nitrogens with zero attached hydrogens (tertiary/aromatic N) is 2. The molecule has 1 aromatic carbocycles. The molecule has 0 N–H and O–H groups in total. The third-order valence-corrected chi connectivity index (χ3v) is 5.67. The molecule has 0 radical (unpaired) electrons. The Hall–Kier alpha value is -2.35. The molecule has 0 saturated carbocycles. The third-order valence-electron chi connectivity index (χ3n) is 5.03. The molecular formula is C19H22N2O5S. The minimum Gasteiger partial charge on any atom is -0.467 e. The van der Waals surface area contributed by atoms with E-state index in [4.69, 9.17) is 4.74 Å². The Kier molecular flexibility index (Phi) is 5.84. The van der Waals surface area contributed by atoms with Gasteiger partial charge in [-0.05, 0) is 43.4 Å². The van der Waals surface area contributed by atoms with E-state index in [-0.39, 0.29) is 5.91 Å². The van der Waals surface area contributed by atoms with Crippen LogP contribution in [0.15, 0.2) is 24.3 Å². The standard InChI is InChI=1S/C19H22N2O5S/c1-26-19(25)15-8-5-10-20(15)18(24)14(9-11-27-2)21-16(22)12-6-3-4-7-13(12)17(21)23/h3-4,6-7,14-15H,5,8-11H2,1-2H3/t14-,15-/m1/s1. The van der Waals surface area contributed by atoms with E-state index in [1.165, 1.54) is 23.8 Å². The van der Waals surface area contributed by atoms with Crippen molar-refractivity contribution in [2.75, 3.05) is 25.7 Å². The molecule has 2 aliphatic rings. The minimum atomic E-state index is -0.921. The molecule has 2 heterocycles. The van der Waals surface area contributed by atoms with Gasteiger partial charge in [0.25, 0.3) is 11.8 Å². The minimum absolute atomic E-state index is 0.315. The van der Waals surface area contributed by atoms with Crippen molar-refractivity contribution in [1.29, 1.82) is 0 Å². The molecule has 0 bridgehead atoms. The molecule has 27 heavy (non-hydrogen) atoms. The molecule has 3 rings (SSSR count). The van der Waals surface area contributed by atoms with Gasteiger partial charge in [-0.1, -0.05) is 12.1 Å². The van der Waals surface area contributed by atoms with E-state index in [9.17, 15) is 19.2 Å². The quantitative estimate of drug-likeness (QED) is 0.542. The van der Waals surface area contributed by atoms with Gasteiger partial charge in [0.2, 0.25) is 5.91 Å². The fraction of sp³-hybridized carbons (Fsp3) is 0.474. The van der Waals surface area contributed by atoms with Gasteiger partial charge in [0.05, 0.1) is 18.2 Å². The topological polar surface area (TPSA) is 84.0 Å². The highest BCUT2D eigenvalue weighted by atomic mass is 32.2. The zero-order valence-corrected chi connectivity index (χ0v) is 16.2. The lowest BCUT2D eigenvalue weighted by Gasteiger charge is -2.31. The number of amides is 3. The highest BCUT2D eigenvalue weighted by Gasteiger charge is 2.46. The Labute approximate surface area is 162 Å². The van der Waals surface area contributed by atoms with Crippen LogP contribution in [0.3, 0.4) is 0 Å². The van der Waals surface area contributed by atoms with Gasteiger partial charge in [0.1, 0.15) is 12.1 Å². The monoisotopic (exact) mass is 390 g/mol. The number of ether oxygens (including phenoxy) is 1. The molecule has 2 atom stereocenters. The van der Waals surface area contributed by atoms with Gasteiger partial charge < -0.3 is 9.64 Å². The Bertz CT molecular complexity index is 746. The van der Waals surface area contributed by atoms with Gasteiger partial charge in [-0.2, -0.15) is 11.8 Å². The smallest absolute Gasteiger partial charge is 0.328 e. The van der Waals surface area contributed by atoms with E-state index in [1.807, 2.05) is 6.26 Å². The second kappa shape index (κ2) is 8.12. The van der Waals surface area contributed by atoms with E-state index in [0.717, 1.165) is 4.90 Å². The van der Waals surface area contributed by atoms with Crippen molar-refractivity contribution in [3.63, 3.8) is 0 Å². The van der Waals surface area contributed by atoms with E-state index >= 15 is 0 Å². The summed E-state index contributed by atoms with van der Waals surface area (Å²) in [7, 11) is 1.29. The number of hydrogen-bond acceptors (Lipinski definition) is 6. The van der Waals surface area contributed by atoms with Crippen molar-refractivity contribution < 1.29 is 23.9 Å². The summed E-state index contributed by atoms with van der Waals surface area (Å²) in [5.74, 6) is -1.13. The Morgan fingerprint density at radius 3 is 2.41 bits per heavy atom. The first-order valence-corrected chi connectivity index (χ1v) is 10.2. The highest BCUT2D eigenvalue weighted by molar-refractivity contribution is 7.98. The average molecular weight is 390 g/mol. The molecule has 0 spiro atoms. The maximum atomic E-state index is 13.3. The Balaban J connectivity index is 1.91. The molecule has 0 aromatic heterocycles. The summed E-state index contributed by atoms with van der Waals surface area (Å²) in [4.78, 5) is 53.5. The van der Waals surface area contributed by atoms with Crippen molar-refractivity contribution in [1.82, 2.24) is 9.80 Å². The number of methoxy groups -OCH3 is 1. The van der Waals surface area contributed by atoms with Gasteiger partial charge in [0, 0.05) is 6.54 Å². The van der Waals surface area contributed by atoms with Crippen molar-refractivity contribution in [2.45, 2.75) is 31.3 Å². The summed E-state index contributed by atoms with van der Waals surface area (Å²) >= 11 is 1.53. The highest BCUT2D eigenvalue weighted by Crippen LogP contribution is 2.29. The molecule has 0 aliphatic carbocycles. The summed E-state index contributed by atoms with van der Waals surface area (Å²) in [6.45, 7) is 0.414. The van der Waals surface area contributed by atoms with Crippen LogP contribution in [0.2, 0.25) is 0 Å². The molecule has 1 saturated heterocycles. The van der Waals surface area contributed by atoms with Crippen LogP contribution < -0.4 is 0 Å². The number of hydrogen-bond donors (Lipinski definition) is 0. The first kappa shape index (κ1) is 19.4. The van der Waals surface area contributed by atoms with E-state index in [1.54, 1.807) is 24.3 Å². The second-order valence-electron chi connectivity index (χ2n) is 6.54. The molecule has 1 fully saturated rings. The Morgan fingerprint density at radius 2 is 1.85 bits per heavy atom. The van der Waals surface area contributed by atoms with Crippen molar-refractivity contribution in [3.8, 4) is 0 Å². The van der Waals surface area contributed by atoms with Gasteiger partial charge in [-0.15, -0.1) is 0 Å². The summed E-state index contributed by atoms with van der Waals surface area (Å²) < 4.78 is 4.81. The first-order valence-electron chi connectivity index (χ1n) is 8.85. The number of thioether (sulfide) groups is 1. The van der Waals surface area contributed by atoms with Gasteiger partial charge in [-0.3, -0.25) is 19.3 Å². The van der Waals surface area contributed by atoms with Crippen LogP contribution in [0, 0.1) is 0 Å². The Morgan fingerprint density at radius 1 is 1.22 bits per heavy atom. The summed E-state index contributed by atoms with van der Waals surface area (Å²) in [5.41, 5.74) is 0.630.